The molecule has 0 aromatic carbocycles. The summed E-state index contributed by atoms with van der Waals surface area (Å²) in [6.45, 7) is 7.28. The fraction of sp³-hybridized carbons (Fsp3) is 0.750. The normalized spacial score (nSPS) is 13.0. The molecule has 0 radical (unpaired) electrons. The summed E-state index contributed by atoms with van der Waals surface area (Å²) >= 11 is 1.95. The standard InChI is InChI=1S/C12H23N3S/c1-4-6-16-9-11(13)8-12-7-10(3)14-15(12)5-2/h7,11H,4-6,8-9,13H2,1-3H3. The van der Waals surface area contributed by atoms with Gasteiger partial charge < -0.3 is 5.73 Å². The maximum Gasteiger partial charge on any atom is 0.0596 e. The van der Waals surface area contributed by atoms with Crippen LogP contribution in [0.5, 0.6) is 0 Å². The van der Waals surface area contributed by atoms with Gasteiger partial charge in [0.2, 0.25) is 0 Å². The van der Waals surface area contributed by atoms with E-state index in [1.54, 1.807) is 0 Å². The van der Waals surface area contributed by atoms with E-state index in [2.05, 4.69) is 29.7 Å². The Labute approximate surface area is 103 Å². The summed E-state index contributed by atoms with van der Waals surface area (Å²) in [7, 11) is 0. The average molecular weight is 241 g/mol. The molecule has 1 unspecified atom stereocenters. The second kappa shape index (κ2) is 6.97. The van der Waals surface area contributed by atoms with Crippen molar-refractivity contribution in [1.29, 1.82) is 0 Å². The van der Waals surface area contributed by atoms with Gasteiger partial charge in [-0.1, -0.05) is 6.92 Å². The Morgan fingerprint density at radius 1 is 1.50 bits per heavy atom. The average Bonchev–Trinajstić information content (AvgIpc) is 2.59. The molecule has 2 N–H and O–H groups in total. The Morgan fingerprint density at radius 2 is 2.25 bits per heavy atom. The third-order valence-electron chi connectivity index (χ3n) is 2.44. The highest BCUT2D eigenvalue weighted by atomic mass is 32.2. The number of hydrogen-bond acceptors (Lipinski definition) is 3. The molecule has 1 aromatic heterocycles. The van der Waals surface area contributed by atoms with E-state index in [-0.39, 0.29) is 6.04 Å². The van der Waals surface area contributed by atoms with Gasteiger partial charge in [0.15, 0.2) is 0 Å². The van der Waals surface area contributed by atoms with Gasteiger partial charge in [-0.2, -0.15) is 16.9 Å². The number of nitrogens with zero attached hydrogens (tertiary/aromatic N) is 2. The van der Waals surface area contributed by atoms with Crippen LogP contribution in [0.25, 0.3) is 0 Å². The van der Waals surface area contributed by atoms with Crippen LogP contribution in [0.1, 0.15) is 31.7 Å². The summed E-state index contributed by atoms with van der Waals surface area (Å²) in [6, 6.07) is 2.39. The Kier molecular flexibility index (Phi) is 5.91. The largest absolute Gasteiger partial charge is 0.327 e. The highest BCUT2D eigenvalue weighted by molar-refractivity contribution is 7.99. The first-order chi connectivity index (χ1) is 7.67. The third-order valence-corrected chi connectivity index (χ3v) is 3.80. The molecule has 0 bridgehead atoms. The van der Waals surface area contributed by atoms with Crippen molar-refractivity contribution >= 4 is 11.8 Å². The summed E-state index contributed by atoms with van der Waals surface area (Å²) < 4.78 is 2.06. The van der Waals surface area contributed by atoms with Crippen molar-refractivity contribution < 1.29 is 0 Å². The smallest absolute Gasteiger partial charge is 0.0596 e. The highest BCUT2D eigenvalue weighted by Gasteiger charge is 2.09. The fourth-order valence-electron chi connectivity index (χ4n) is 1.74. The van der Waals surface area contributed by atoms with Crippen LogP contribution < -0.4 is 5.73 Å². The van der Waals surface area contributed by atoms with E-state index >= 15 is 0 Å². The summed E-state index contributed by atoms with van der Waals surface area (Å²) in [5.74, 6) is 2.25. The molecular weight excluding hydrogens is 218 g/mol. The molecule has 4 heteroatoms. The molecule has 0 aliphatic carbocycles. The lowest BCUT2D eigenvalue weighted by molar-refractivity contribution is 0.594. The molecular formula is C12H23N3S. The fourth-order valence-corrected chi connectivity index (χ4v) is 2.62. The third kappa shape index (κ3) is 4.18. The van der Waals surface area contributed by atoms with Crippen LogP contribution in [0.4, 0.5) is 0 Å². The molecule has 0 amide bonds. The van der Waals surface area contributed by atoms with Crippen molar-refractivity contribution in [2.24, 2.45) is 5.73 Å². The van der Waals surface area contributed by atoms with E-state index in [0.717, 1.165) is 24.4 Å². The first-order valence-electron chi connectivity index (χ1n) is 6.04. The van der Waals surface area contributed by atoms with Crippen LogP contribution in [0.3, 0.4) is 0 Å². The maximum absolute atomic E-state index is 6.12. The lowest BCUT2D eigenvalue weighted by Crippen LogP contribution is -2.27. The summed E-state index contributed by atoms with van der Waals surface area (Å²) in [5.41, 5.74) is 8.47. The number of aryl methyl sites for hydroxylation is 2. The Morgan fingerprint density at radius 3 is 2.88 bits per heavy atom. The zero-order chi connectivity index (χ0) is 12.0. The van der Waals surface area contributed by atoms with Crippen molar-refractivity contribution in [2.75, 3.05) is 11.5 Å². The number of hydrogen-bond donors (Lipinski definition) is 1. The van der Waals surface area contributed by atoms with Gasteiger partial charge in [-0.25, -0.2) is 0 Å². The molecule has 0 spiro atoms. The molecule has 0 saturated carbocycles. The summed E-state index contributed by atoms with van der Waals surface area (Å²) in [4.78, 5) is 0. The molecule has 1 heterocycles. The molecule has 1 atom stereocenters. The minimum absolute atomic E-state index is 0.248. The van der Waals surface area contributed by atoms with Gasteiger partial charge in [-0.3, -0.25) is 4.68 Å². The van der Waals surface area contributed by atoms with Gasteiger partial charge in [0.25, 0.3) is 0 Å². The van der Waals surface area contributed by atoms with E-state index < -0.39 is 0 Å². The topological polar surface area (TPSA) is 43.8 Å². The predicted octanol–water partition coefficient (Wildman–Crippen LogP) is 2.22. The van der Waals surface area contributed by atoms with Crippen molar-refractivity contribution in [3.8, 4) is 0 Å². The van der Waals surface area contributed by atoms with E-state index in [0.29, 0.717) is 0 Å². The molecule has 92 valence electrons. The number of thioether (sulfide) groups is 1. The van der Waals surface area contributed by atoms with Crippen LogP contribution in [-0.4, -0.2) is 27.3 Å². The highest BCUT2D eigenvalue weighted by Crippen LogP contribution is 2.10. The number of aromatic nitrogens is 2. The second-order valence-electron chi connectivity index (χ2n) is 4.13. The van der Waals surface area contributed by atoms with Gasteiger partial charge in [0, 0.05) is 30.5 Å². The maximum atomic E-state index is 6.12. The molecule has 0 aliphatic rings. The van der Waals surface area contributed by atoms with Gasteiger partial charge >= 0.3 is 0 Å². The molecule has 16 heavy (non-hydrogen) atoms. The molecule has 0 fully saturated rings. The summed E-state index contributed by atoms with van der Waals surface area (Å²) in [5, 5.41) is 4.43. The minimum atomic E-state index is 0.248. The lowest BCUT2D eigenvalue weighted by Gasteiger charge is -2.11. The quantitative estimate of drug-likeness (QED) is 0.744. The molecule has 0 saturated heterocycles. The SMILES string of the molecule is CCCSCC(N)Cc1cc(C)nn1CC. The zero-order valence-corrected chi connectivity index (χ0v) is 11.4. The molecule has 3 nitrogen and oxygen atoms in total. The van der Waals surface area contributed by atoms with E-state index in [1.165, 1.54) is 17.9 Å². The van der Waals surface area contributed by atoms with Crippen molar-refractivity contribution in [1.82, 2.24) is 9.78 Å². The molecule has 1 aromatic rings. The Bertz CT molecular complexity index is 309. The van der Waals surface area contributed by atoms with Crippen LogP contribution >= 0.6 is 11.8 Å². The van der Waals surface area contributed by atoms with Crippen LogP contribution in [-0.2, 0) is 13.0 Å². The van der Waals surface area contributed by atoms with E-state index in [4.69, 9.17) is 5.73 Å². The van der Waals surface area contributed by atoms with Gasteiger partial charge in [0.05, 0.1) is 5.69 Å². The second-order valence-corrected chi connectivity index (χ2v) is 5.28. The van der Waals surface area contributed by atoms with E-state index in [1.807, 2.05) is 18.7 Å². The first kappa shape index (κ1) is 13.6. The number of rotatable bonds is 7. The molecule has 0 aliphatic heterocycles. The van der Waals surface area contributed by atoms with Crippen molar-refractivity contribution in [2.45, 2.75) is 46.2 Å². The van der Waals surface area contributed by atoms with Crippen molar-refractivity contribution in [3.05, 3.63) is 17.5 Å². The lowest BCUT2D eigenvalue weighted by atomic mass is 10.2. The van der Waals surface area contributed by atoms with Gasteiger partial charge in [-0.05, 0) is 32.1 Å². The Hall–Kier alpha value is -0.480. The van der Waals surface area contributed by atoms with Crippen LogP contribution in [0.2, 0.25) is 0 Å². The minimum Gasteiger partial charge on any atom is -0.327 e. The van der Waals surface area contributed by atoms with Crippen molar-refractivity contribution in [3.63, 3.8) is 0 Å². The summed E-state index contributed by atoms with van der Waals surface area (Å²) in [6.07, 6.45) is 2.16. The Balaban J connectivity index is 2.45. The van der Waals surface area contributed by atoms with Crippen LogP contribution in [0.15, 0.2) is 6.07 Å². The van der Waals surface area contributed by atoms with Gasteiger partial charge in [-0.15, -0.1) is 0 Å². The predicted molar refractivity (Wildman–Crippen MR) is 71.9 cm³/mol. The number of nitrogens with two attached hydrogens (primary N) is 1. The first-order valence-corrected chi connectivity index (χ1v) is 7.19. The monoisotopic (exact) mass is 241 g/mol. The van der Waals surface area contributed by atoms with E-state index in [9.17, 15) is 0 Å². The molecule has 1 rings (SSSR count). The van der Waals surface area contributed by atoms with Gasteiger partial charge in [0.1, 0.15) is 0 Å². The van der Waals surface area contributed by atoms with Crippen LogP contribution in [0, 0.1) is 6.92 Å². The zero-order valence-electron chi connectivity index (χ0n) is 10.6.